The Hall–Kier alpha value is -1.29. The fourth-order valence-corrected chi connectivity index (χ4v) is 2.11. The summed E-state index contributed by atoms with van der Waals surface area (Å²) >= 11 is 5.84. The van der Waals surface area contributed by atoms with Crippen molar-refractivity contribution < 1.29 is 9.52 Å². The van der Waals surface area contributed by atoms with Crippen molar-refractivity contribution in [2.75, 3.05) is 13.1 Å². The number of aliphatic hydroxyl groups is 1. The predicted molar refractivity (Wildman–Crippen MR) is 76.1 cm³/mol. The van der Waals surface area contributed by atoms with Crippen LogP contribution >= 0.6 is 11.6 Å². The number of rotatable bonds is 6. The first-order chi connectivity index (χ1) is 9.19. The summed E-state index contributed by atoms with van der Waals surface area (Å²) in [4.78, 5) is 2.17. The molecule has 1 aromatic carbocycles. The molecule has 2 rings (SSSR count). The van der Waals surface area contributed by atoms with Crippen LogP contribution in [0.15, 0.2) is 47.3 Å². The van der Waals surface area contributed by atoms with Crippen LogP contribution in [0.5, 0.6) is 0 Å². The van der Waals surface area contributed by atoms with Crippen molar-refractivity contribution in [2.45, 2.75) is 19.6 Å². The molecular weight excluding hydrogens is 262 g/mol. The molecule has 1 heterocycles. The molecule has 1 aromatic heterocycles. The van der Waals surface area contributed by atoms with Crippen LogP contribution in [0.4, 0.5) is 0 Å². The van der Waals surface area contributed by atoms with Crippen molar-refractivity contribution in [1.82, 2.24) is 4.90 Å². The summed E-state index contributed by atoms with van der Waals surface area (Å²) < 4.78 is 5.06. The summed E-state index contributed by atoms with van der Waals surface area (Å²) in [6.07, 6.45) is 2.89. The van der Waals surface area contributed by atoms with Crippen LogP contribution in [0, 0.1) is 0 Å². The number of likely N-dealkylation sites (N-methyl/N-ethyl adjacent to an activating group) is 1. The van der Waals surface area contributed by atoms with E-state index in [-0.39, 0.29) is 0 Å². The second-order valence-electron chi connectivity index (χ2n) is 4.53. The van der Waals surface area contributed by atoms with Crippen LogP contribution in [-0.4, -0.2) is 23.1 Å². The van der Waals surface area contributed by atoms with Crippen molar-refractivity contribution in [3.63, 3.8) is 0 Å². The number of halogens is 1. The van der Waals surface area contributed by atoms with E-state index in [0.717, 1.165) is 24.2 Å². The number of nitrogens with zero attached hydrogens (tertiary/aromatic N) is 1. The monoisotopic (exact) mass is 279 g/mol. The van der Waals surface area contributed by atoms with E-state index in [4.69, 9.17) is 16.0 Å². The van der Waals surface area contributed by atoms with Crippen LogP contribution in [0.3, 0.4) is 0 Å². The van der Waals surface area contributed by atoms with Gasteiger partial charge in [-0.15, -0.1) is 0 Å². The molecule has 0 aliphatic heterocycles. The summed E-state index contributed by atoms with van der Waals surface area (Å²) in [7, 11) is 0. The van der Waals surface area contributed by atoms with Gasteiger partial charge in [0.2, 0.25) is 0 Å². The van der Waals surface area contributed by atoms with E-state index < -0.39 is 6.10 Å². The van der Waals surface area contributed by atoms with E-state index in [1.165, 1.54) is 0 Å². The van der Waals surface area contributed by atoms with Crippen molar-refractivity contribution in [2.24, 2.45) is 0 Å². The minimum atomic E-state index is -0.510. The molecule has 4 heteroatoms. The topological polar surface area (TPSA) is 36.6 Å². The maximum Gasteiger partial charge on any atom is 0.0947 e. The van der Waals surface area contributed by atoms with Crippen molar-refractivity contribution in [3.05, 3.63) is 59.0 Å². The van der Waals surface area contributed by atoms with Gasteiger partial charge in [-0.1, -0.05) is 30.7 Å². The van der Waals surface area contributed by atoms with Crippen molar-refractivity contribution in [3.8, 4) is 0 Å². The number of benzene rings is 1. The van der Waals surface area contributed by atoms with Gasteiger partial charge in [0.25, 0.3) is 0 Å². The lowest BCUT2D eigenvalue weighted by Gasteiger charge is -2.23. The van der Waals surface area contributed by atoms with Gasteiger partial charge in [0.05, 0.1) is 18.6 Å². The highest BCUT2D eigenvalue weighted by Crippen LogP contribution is 2.18. The molecule has 0 saturated carbocycles. The van der Waals surface area contributed by atoms with Gasteiger partial charge in [-0.05, 0) is 30.3 Å². The molecule has 0 bridgehead atoms. The van der Waals surface area contributed by atoms with Crippen LogP contribution in [0.2, 0.25) is 5.02 Å². The molecule has 0 aliphatic carbocycles. The third-order valence-electron chi connectivity index (χ3n) is 3.12. The third-order valence-corrected chi connectivity index (χ3v) is 3.37. The van der Waals surface area contributed by atoms with E-state index in [1.807, 2.05) is 18.2 Å². The van der Waals surface area contributed by atoms with E-state index in [9.17, 15) is 5.11 Å². The summed E-state index contributed by atoms with van der Waals surface area (Å²) in [5.74, 6) is 0. The normalized spacial score (nSPS) is 12.8. The molecule has 19 heavy (non-hydrogen) atoms. The van der Waals surface area contributed by atoms with Gasteiger partial charge in [-0.25, -0.2) is 0 Å². The molecule has 1 unspecified atom stereocenters. The van der Waals surface area contributed by atoms with Gasteiger partial charge >= 0.3 is 0 Å². The highest BCUT2D eigenvalue weighted by atomic mass is 35.5. The fourth-order valence-electron chi connectivity index (χ4n) is 1.98. The van der Waals surface area contributed by atoms with E-state index in [2.05, 4.69) is 11.8 Å². The number of hydrogen-bond donors (Lipinski definition) is 1. The van der Waals surface area contributed by atoms with Crippen LogP contribution in [-0.2, 0) is 6.54 Å². The van der Waals surface area contributed by atoms with Crippen LogP contribution in [0.25, 0.3) is 0 Å². The summed E-state index contributed by atoms with van der Waals surface area (Å²) in [5.41, 5.74) is 2.00. The molecule has 1 N–H and O–H groups in total. The number of aliphatic hydroxyl groups excluding tert-OH is 1. The van der Waals surface area contributed by atoms with Crippen molar-refractivity contribution >= 4 is 11.6 Å². The Bertz CT molecular complexity index is 481. The minimum Gasteiger partial charge on any atom is -0.472 e. The SMILES string of the molecule is CCN(Cc1ccoc1)CC(O)c1ccc(Cl)cc1. The molecule has 0 fully saturated rings. The number of furan rings is 1. The van der Waals surface area contributed by atoms with Gasteiger partial charge in [0, 0.05) is 23.7 Å². The first-order valence-corrected chi connectivity index (χ1v) is 6.73. The lowest BCUT2D eigenvalue weighted by molar-refractivity contribution is 0.112. The fraction of sp³-hybridized carbons (Fsp3) is 0.333. The van der Waals surface area contributed by atoms with Crippen LogP contribution in [0.1, 0.15) is 24.2 Å². The van der Waals surface area contributed by atoms with E-state index >= 15 is 0 Å². The first-order valence-electron chi connectivity index (χ1n) is 6.36. The number of hydrogen-bond acceptors (Lipinski definition) is 3. The lowest BCUT2D eigenvalue weighted by atomic mass is 10.1. The Labute approximate surface area is 118 Å². The zero-order valence-electron chi connectivity index (χ0n) is 10.9. The molecule has 0 radical (unpaired) electrons. The Balaban J connectivity index is 1.95. The average molecular weight is 280 g/mol. The largest absolute Gasteiger partial charge is 0.472 e. The lowest BCUT2D eigenvalue weighted by Crippen LogP contribution is -2.28. The molecule has 0 spiro atoms. The third kappa shape index (κ3) is 4.10. The second kappa shape index (κ2) is 6.75. The van der Waals surface area contributed by atoms with Gasteiger partial charge in [0.1, 0.15) is 0 Å². The molecule has 102 valence electrons. The van der Waals surface area contributed by atoms with E-state index in [0.29, 0.717) is 11.6 Å². The molecule has 0 saturated heterocycles. The second-order valence-corrected chi connectivity index (χ2v) is 4.96. The standard InChI is InChI=1S/C15H18ClNO2/c1-2-17(9-12-7-8-19-11-12)10-15(18)13-3-5-14(16)6-4-13/h3-8,11,15,18H,2,9-10H2,1H3. The summed E-state index contributed by atoms with van der Waals surface area (Å²) in [5, 5.41) is 10.9. The molecule has 2 aromatic rings. The molecule has 0 amide bonds. The van der Waals surface area contributed by atoms with Crippen LogP contribution < -0.4 is 0 Å². The van der Waals surface area contributed by atoms with Gasteiger partial charge in [-0.2, -0.15) is 0 Å². The quantitative estimate of drug-likeness (QED) is 0.879. The molecular formula is C15H18ClNO2. The van der Waals surface area contributed by atoms with Gasteiger partial charge < -0.3 is 9.52 Å². The van der Waals surface area contributed by atoms with E-state index in [1.54, 1.807) is 24.7 Å². The zero-order chi connectivity index (χ0) is 13.7. The molecule has 3 nitrogen and oxygen atoms in total. The smallest absolute Gasteiger partial charge is 0.0947 e. The highest BCUT2D eigenvalue weighted by molar-refractivity contribution is 6.30. The Kier molecular flexibility index (Phi) is 5.02. The maximum atomic E-state index is 10.2. The predicted octanol–water partition coefficient (Wildman–Crippen LogP) is 3.49. The summed E-state index contributed by atoms with van der Waals surface area (Å²) in [6.45, 7) is 4.31. The average Bonchev–Trinajstić information content (AvgIpc) is 2.91. The molecule has 0 aliphatic rings. The Morgan fingerprint density at radius 2 is 2.00 bits per heavy atom. The zero-order valence-corrected chi connectivity index (χ0v) is 11.7. The minimum absolute atomic E-state index is 0.510. The Morgan fingerprint density at radius 3 is 2.58 bits per heavy atom. The first kappa shape index (κ1) is 14.1. The maximum absolute atomic E-state index is 10.2. The van der Waals surface area contributed by atoms with Gasteiger partial charge in [-0.3, -0.25) is 4.90 Å². The molecule has 1 atom stereocenters. The van der Waals surface area contributed by atoms with Crippen molar-refractivity contribution in [1.29, 1.82) is 0 Å². The Morgan fingerprint density at radius 1 is 1.26 bits per heavy atom. The highest BCUT2D eigenvalue weighted by Gasteiger charge is 2.13. The summed E-state index contributed by atoms with van der Waals surface area (Å²) in [6, 6.07) is 9.26. The van der Waals surface area contributed by atoms with Gasteiger partial charge in [0.15, 0.2) is 0 Å².